The van der Waals surface area contributed by atoms with E-state index in [1.165, 1.54) is 19.3 Å². The van der Waals surface area contributed by atoms with Crippen LogP contribution in [0.2, 0.25) is 0 Å². The number of piperidine rings is 1. The van der Waals surface area contributed by atoms with Crippen LogP contribution in [-0.2, 0) is 20.6 Å². The largest absolute Gasteiger partial charge is 0.494 e. The molecule has 2 fully saturated rings. The van der Waals surface area contributed by atoms with Crippen molar-refractivity contribution < 1.29 is 9.53 Å². The first-order valence-electron chi connectivity index (χ1n) is 13.8. The first-order valence-corrected chi connectivity index (χ1v) is 13.8. The van der Waals surface area contributed by atoms with E-state index in [0.717, 1.165) is 59.5 Å². The van der Waals surface area contributed by atoms with Gasteiger partial charge >= 0.3 is 0 Å². The molecule has 4 heterocycles. The van der Waals surface area contributed by atoms with Gasteiger partial charge in [-0.1, -0.05) is 13.8 Å². The molecule has 38 heavy (non-hydrogen) atoms. The molecule has 1 saturated heterocycles. The number of amides is 1. The molecule has 8 heteroatoms. The third-order valence-electron chi connectivity index (χ3n) is 8.58. The van der Waals surface area contributed by atoms with E-state index < -0.39 is 0 Å². The van der Waals surface area contributed by atoms with Gasteiger partial charge in [0, 0.05) is 50.9 Å². The second-order valence-corrected chi connectivity index (χ2v) is 11.6. The highest BCUT2D eigenvalue weighted by Crippen LogP contribution is 2.37. The Morgan fingerprint density at radius 2 is 1.92 bits per heavy atom. The molecule has 200 valence electrons. The quantitative estimate of drug-likeness (QED) is 0.369. The van der Waals surface area contributed by atoms with Crippen LogP contribution in [0.25, 0.3) is 33.5 Å². The predicted molar refractivity (Wildman–Crippen MR) is 150 cm³/mol. The summed E-state index contributed by atoms with van der Waals surface area (Å²) in [5.74, 6) is 3.10. The summed E-state index contributed by atoms with van der Waals surface area (Å²) in [6, 6.07) is 7.81. The van der Waals surface area contributed by atoms with Crippen LogP contribution < -0.4 is 10.3 Å². The molecule has 8 nitrogen and oxygen atoms in total. The third kappa shape index (κ3) is 4.10. The molecule has 1 aliphatic carbocycles. The summed E-state index contributed by atoms with van der Waals surface area (Å²) in [4.78, 5) is 33.8. The summed E-state index contributed by atoms with van der Waals surface area (Å²) in [6.45, 7) is 6.85. The first kappa shape index (κ1) is 24.8. The number of imidazole rings is 1. The minimum atomic E-state index is -0.000129. The maximum absolute atomic E-state index is 13.6. The zero-order valence-corrected chi connectivity index (χ0v) is 23.0. The van der Waals surface area contributed by atoms with Gasteiger partial charge in [0.1, 0.15) is 16.8 Å². The summed E-state index contributed by atoms with van der Waals surface area (Å²) in [7, 11) is 5.41. The van der Waals surface area contributed by atoms with E-state index in [4.69, 9.17) is 9.72 Å². The molecule has 1 aliphatic heterocycles. The Morgan fingerprint density at radius 1 is 1.13 bits per heavy atom. The lowest BCUT2D eigenvalue weighted by Crippen LogP contribution is -2.41. The van der Waals surface area contributed by atoms with Crippen LogP contribution in [-0.4, -0.2) is 49.7 Å². The first-order chi connectivity index (χ1) is 18.3. The number of ether oxygens (including phenoxy) is 1. The van der Waals surface area contributed by atoms with Crippen LogP contribution in [0, 0.1) is 17.8 Å². The summed E-state index contributed by atoms with van der Waals surface area (Å²) in [6.07, 6.45) is 6.39. The van der Waals surface area contributed by atoms with Crippen LogP contribution in [0.3, 0.4) is 0 Å². The van der Waals surface area contributed by atoms with E-state index in [9.17, 15) is 9.59 Å². The fourth-order valence-corrected chi connectivity index (χ4v) is 6.04. The molecule has 6 rings (SSSR count). The van der Waals surface area contributed by atoms with Crippen molar-refractivity contribution in [3.8, 4) is 17.3 Å². The van der Waals surface area contributed by atoms with Crippen LogP contribution >= 0.6 is 0 Å². The summed E-state index contributed by atoms with van der Waals surface area (Å²) in [5, 5.41) is 0.920. The fourth-order valence-electron chi connectivity index (χ4n) is 6.04. The van der Waals surface area contributed by atoms with Gasteiger partial charge in [0.2, 0.25) is 0 Å². The molecule has 0 spiro atoms. The number of carbonyl (C=O) groups is 1. The maximum atomic E-state index is 13.6. The summed E-state index contributed by atoms with van der Waals surface area (Å²) >= 11 is 0. The normalized spacial score (nSPS) is 18.2. The van der Waals surface area contributed by atoms with Gasteiger partial charge < -0.3 is 23.3 Å². The predicted octanol–water partition coefficient (Wildman–Crippen LogP) is 4.82. The third-order valence-corrected chi connectivity index (χ3v) is 8.58. The number of methoxy groups -OCH3 is 1. The number of carbonyl (C=O) groups excluding carboxylic acids is 1. The number of aryl methyl sites for hydroxylation is 2. The van der Waals surface area contributed by atoms with Crippen molar-refractivity contribution in [2.45, 2.75) is 46.1 Å². The Balaban J connectivity index is 1.47. The Bertz CT molecular complexity index is 1600. The lowest BCUT2D eigenvalue weighted by molar-refractivity contribution is 0.0641. The Labute approximate surface area is 222 Å². The number of aromatic nitrogens is 4. The number of rotatable bonds is 6. The highest BCUT2D eigenvalue weighted by Gasteiger charge is 2.29. The van der Waals surface area contributed by atoms with Gasteiger partial charge in [0.05, 0.1) is 18.3 Å². The van der Waals surface area contributed by atoms with Crippen LogP contribution in [0.5, 0.6) is 5.75 Å². The molecule has 1 saturated carbocycles. The van der Waals surface area contributed by atoms with Crippen molar-refractivity contribution in [1.82, 2.24) is 23.6 Å². The van der Waals surface area contributed by atoms with E-state index in [0.29, 0.717) is 29.1 Å². The van der Waals surface area contributed by atoms with Gasteiger partial charge in [0.15, 0.2) is 5.82 Å². The minimum Gasteiger partial charge on any atom is -0.494 e. The molecule has 4 aromatic rings. The lowest BCUT2D eigenvalue weighted by atomic mass is 9.87. The van der Waals surface area contributed by atoms with E-state index in [1.807, 2.05) is 40.9 Å². The second-order valence-electron chi connectivity index (χ2n) is 11.6. The molecule has 1 unspecified atom stereocenters. The SMILES string of the molecule is COc1cc(C(=O)N2CCCC(C(C)C)C2)cc2nc(-c3cc4ccn(C)c(=O)c4n3CC3CC3)n(C)c12. The number of nitrogens with zero attached hydrogens (tertiary/aromatic N) is 5. The second kappa shape index (κ2) is 9.33. The monoisotopic (exact) mass is 515 g/mol. The van der Waals surface area contributed by atoms with Gasteiger partial charge in [-0.25, -0.2) is 4.98 Å². The zero-order valence-electron chi connectivity index (χ0n) is 23.0. The summed E-state index contributed by atoms with van der Waals surface area (Å²) in [5.41, 5.74) is 3.81. The van der Waals surface area contributed by atoms with Crippen LogP contribution in [0.1, 0.15) is 49.9 Å². The molecule has 1 atom stereocenters. The lowest BCUT2D eigenvalue weighted by Gasteiger charge is -2.34. The minimum absolute atomic E-state index is 0.000129. The van der Waals surface area contributed by atoms with Gasteiger partial charge in [-0.15, -0.1) is 0 Å². The number of fused-ring (bicyclic) bond motifs is 2. The molecular formula is C30H37N5O3. The number of benzene rings is 1. The Hall–Kier alpha value is -3.55. The average Bonchev–Trinajstić information content (AvgIpc) is 3.58. The molecule has 1 amide bonds. The highest BCUT2D eigenvalue weighted by molar-refractivity contribution is 6.00. The van der Waals surface area contributed by atoms with Crippen molar-refractivity contribution in [2.24, 2.45) is 31.8 Å². The van der Waals surface area contributed by atoms with Gasteiger partial charge in [-0.2, -0.15) is 0 Å². The number of pyridine rings is 1. The van der Waals surface area contributed by atoms with Gasteiger partial charge in [-0.05, 0) is 67.7 Å². The average molecular weight is 516 g/mol. The van der Waals surface area contributed by atoms with E-state index >= 15 is 0 Å². The van der Waals surface area contributed by atoms with Crippen LogP contribution in [0.4, 0.5) is 0 Å². The molecular weight excluding hydrogens is 478 g/mol. The summed E-state index contributed by atoms with van der Waals surface area (Å²) < 4.78 is 11.6. The molecule has 1 aromatic carbocycles. The number of likely N-dealkylation sites (tertiary alicyclic amines) is 1. The zero-order chi connectivity index (χ0) is 26.7. The Morgan fingerprint density at radius 3 is 2.63 bits per heavy atom. The van der Waals surface area contributed by atoms with Crippen molar-refractivity contribution in [2.75, 3.05) is 20.2 Å². The van der Waals surface area contributed by atoms with Gasteiger partial charge in [0.25, 0.3) is 11.5 Å². The fraction of sp³-hybridized carbons (Fsp3) is 0.500. The molecule has 0 N–H and O–H groups in total. The van der Waals surface area contributed by atoms with Crippen LogP contribution in [0.15, 0.2) is 35.3 Å². The van der Waals surface area contributed by atoms with Gasteiger partial charge in [-0.3, -0.25) is 9.59 Å². The molecule has 3 aromatic heterocycles. The van der Waals surface area contributed by atoms with Crippen molar-refractivity contribution in [1.29, 1.82) is 0 Å². The van der Waals surface area contributed by atoms with E-state index in [-0.39, 0.29) is 11.5 Å². The standard InChI is InChI=1S/C30H37N5O3/c1-18(2)21-7-6-11-34(17-21)29(36)22-13-23-27(25(15-22)38-5)33(4)28(31-23)24-14-20-10-12-32(3)30(37)26(20)35(24)16-19-8-9-19/h10,12-15,18-19,21H,6-9,11,16-17H2,1-5H3. The Kier molecular flexibility index (Phi) is 6.08. The van der Waals surface area contributed by atoms with Crippen molar-refractivity contribution in [3.63, 3.8) is 0 Å². The maximum Gasteiger partial charge on any atom is 0.274 e. The topological polar surface area (TPSA) is 74.3 Å². The molecule has 0 radical (unpaired) electrons. The van der Waals surface area contributed by atoms with E-state index in [2.05, 4.69) is 24.5 Å². The van der Waals surface area contributed by atoms with Crippen molar-refractivity contribution >= 4 is 27.8 Å². The number of hydrogen-bond acceptors (Lipinski definition) is 4. The molecule has 2 aliphatic rings. The highest BCUT2D eigenvalue weighted by atomic mass is 16.5. The number of hydrogen-bond donors (Lipinski definition) is 0. The molecule has 0 bridgehead atoms. The van der Waals surface area contributed by atoms with Crippen molar-refractivity contribution in [3.05, 3.63) is 46.4 Å². The van der Waals surface area contributed by atoms with E-state index in [1.54, 1.807) is 18.7 Å². The smallest absolute Gasteiger partial charge is 0.274 e.